The summed E-state index contributed by atoms with van der Waals surface area (Å²) >= 11 is 0. The van der Waals surface area contributed by atoms with Crippen LogP contribution in [0.1, 0.15) is 38.7 Å². The minimum Gasteiger partial charge on any atom is -0.497 e. The smallest absolute Gasteiger partial charge is 0.261 e. The maximum Gasteiger partial charge on any atom is 0.261 e. The minimum atomic E-state index is -0.559. The first-order chi connectivity index (χ1) is 14.6. The molecule has 0 aliphatic heterocycles. The number of unbranched alkanes of at least 4 members (excludes halogenated alkanes) is 1. The van der Waals surface area contributed by atoms with E-state index in [9.17, 15) is 9.59 Å². The van der Waals surface area contributed by atoms with Crippen LogP contribution in [-0.4, -0.2) is 43.0 Å². The van der Waals surface area contributed by atoms with Crippen LogP contribution in [0.25, 0.3) is 0 Å². The summed E-state index contributed by atoms with van der Waals surface area (Å²) in [6.45, 7) is 4.79. The molecule has 0 heterocycles. The number of amides is 2. The average molecular weight is 413 g/mol. The van der Waals surface area contributed by atoms with E-state index in [0.717, 1.165) is 24.2 Å². The third-order valence-electron chi connectivity index (χ3n) is 4.83. The molecule has 2 aromatic rings. The molecule has 6 heteroatoms. The largest absolute Gasteiger partial charge is 0.497 e. The number of methoxy groups -OCH3 is 1. The van der Waals surface area contributed by atoms with E-state index >= 15 is 0 Å². The molecule has 30 heavy (non-hydrogen) atoms. The summed E-state index contributed by atoms with van der Waals surface area (Å²) in [7, 11) is 1.61. The molecule has 6 nitrogen and oxygen atoms in total. The van der Waals surface area contributed by atoms with Crippen molar-refractivity contribution in [1.82, 2.24) is 10.2 Å². The minimum absolute atomic E-state index is 0.126. The van der Waals surface area contributed by atoms with Gasteiger partial charge in [-0.3, -0.25) is 9.59 Å². The number of carbonyl (C=O) groups excluding carboxylic acids is 2. The van der Waals surface area contributed by atoms with Gasteiger partial charge in [-0.15, -0.1) is 0 Å². The number of nitrogens with zero attached hydrogens (tertiary/aromatic N) is 1. The Balaban J connectivity index is 2.15. The van der Waals surface area contributed by atoms with Crippen LogP contribution in [0.15, 0.2) is 54.6 Å². The van der Waals surface area contributed by atoms with E-state index < -0.39 is 6.04 Å². The van der Waals surface area contributed by atoms with Crippen LogP contribution in [0.4, 0.5) is 0 Å². The van der Waals surface area contributed by atoms with Gasteiger partial charge in [-0.1, -0.05) is 50.6 Å². The van der Waals surface area contributed by atoms with Gasteiger partial charge in [-0.25, -0.2) is 0 Å². The highest BCUT2D eigenvalue weighted by Gasteiger charge is 2.28. The Bertz CT molecular complexity index is 778. The molecule has 0 fully saturated rings. The van der Waals surface area contributed by atoms with Crippen molar-refractivity contribution in [2.75, 3.05) is 20.3 Å². The zero-order valence-corrected chi connectivity index (χ0v) is 18.1. The van der Waals surface area contributed by atoms with Crippen LogP contribution in [0.5, 0.6) is 11.5 Å². The van der Waals surface area contributed by atoms with Crippen LogP contribution >= 0.6 is 0 Å². The molecular formula is C24H32N2O4. The normalized spacial score (nSPS) is 11.4. The van der Waals surface area contributed by atoms with E-state index in [0.29, 0.717) is 25.3 Å². The maximum atomic E-state index is 13.1. The van der Waals surface area contributed by atoms with Gasteiger partial charge in [-0.2, -0.15) is 0 Å². The first-order valence-electron chi connectivity index (χ1n) is 10.5. The maximum absolute atomic E-state index is 13.1. The predicted molar refractivity (Wildman–Crippen MR) is 117 cm³/mol. The topological polar surface area (TPSA) is 67.9 Å². The van der Waals surface area contributed by atoms with Gasteiger partial charge in [0.25, 0.3) is 5.91 Å². The molecule has 0 spiro atoms. The summed E-state index contributed by atoms with van der Waals surface area (Å²) in [6, 6.07) is 16.1. The first kappa shape index (κ1) is 23.3. The fourth-order valence-corrected chi connectivity index (χ4v) is 3.10. The Morgan fingerprint density at radius 3 is 2.30 bits per heavy atom. The van der Waals surface area contributed by atoms with Gasteiger partial charge in [0.1, 0.15) is 17.5 Å². The van der Waals surface area contributed by atoms with Gasteiger partial charge < -0.3 is 19.7 Å². The zero-order valence-electron chi connectivity index (χ0n) is 18.1. The van der Waals surface area contributed by atoms with Crippen molar-refractivity contribution in [3.05, 3.63) is 60.2 Å². The summed E-state index contributed by atoms with van der Waals surface area (Å²) in [5.74, 6) is 1.00. The molecule has 0 radical (unpaired) electrons. The van der Waals surface area contributed by atoms with Crippen LogP contribution in [0, 0.1) is 0 Å². The summed E-state index contributed by atoms with van der Waals surface area (Å²) in [4.78, 5) is 27.5. The molecule has 0 unspecified atom stereocenters. The monoisotopic (exact) mass is 412 g/mol. The number of ether oxygens (including phenoxy) is 2. The summed E-state index contributed by atoms with van der Waals surface area (Å²) in [5.41, 5.74) is 0.920. The Hall–Kier alpha value is -3.02. The molecule has 2 aromatic carbocycles. The molecule has 162 valence electrons. The van der Waals surface area contributed by atoms with Crippen molar-refractivity contribution < 1.29 is 19.1 Å². The number of para-hydroxylation sites is 1. The molecule has 1 N–H and O–H groups in total. The lowest BCUT2D eigenvalue weighted by atomic mass is 10.1. The molecular weight excluding hydrogens is 380 g/mol. The highest BCUT2D eigenvalue weighted by atomic mass is 16.5. The molecule has 2 rings (SSSR count). The number of carbonyl (C=O) groups is 2. The van der Waals surface area contributed by atoms with Crippen molar-refractivity contribution >= 4 is 11.8 Å². The van der Waals surface area contributed by atoms with Gasteiger partial charge in [0.15, 0.2) is 6.61 Å². The van der Waals surface area contributed by atoms with Gasteiger partial charge in [0.2, 0.25) is 5.91 Å². The van der Waals surface area contributed by atoms with Crippen LogP contribution in [0.3, 0.4) is 0 Å². The second-order valence-corrected chi connectivity index (χ2v) is 7.04. The fourth-order valence-electron chi connectivity index (χ4n) is 3.10. The molecule has 0 aliphatic carbocycles. The Morgan fingerprint density at radius 2 is 1.70 bits per heavy atom. The van der Waals surface area contributed by atoms with Gasteiger partial charge in [0, 0.05) is 13.1 Å². The van der Waals surface area contributed by atoms with E-state index in [-0.39, 0.29) is 18.4 Å². The Kier molecular flexibility index (Phi) is 9.71. The van der Waals surface area contributed by atoms with Crippen molar-refractivity contribution in [1.29, 1.82) is 0 Å². The van der Waals surface area contributed by atoms with E-state index in [4.69, 9.17) is 9.47 Å². The molecule has 0 bridgehead atoms. The van der Waals surface area contributed by atoms with E-state index in [1.807, 2.05) is 49.4 Å². The lowest BCUT2D eigenvalue weighted by Crippen LogP contribution is -2.50. The standard InChI is InChI=1S/C24H32N2O4/c1-4-6-16-25-24(28)22(5-2)26(17-19-12-14-20(29-3)15-13-19)23(27)18-30-21-10-8-7-9-11-21/h7-15,22H,4-6,16-18H2,1-3H3,(H,25,28)/t22-/m1/s1. The van der Waals surface area contributed by atoms with Crippen molar-refractivity contribution in [2.45, 2.75) is 45.7 Å². The number of nitrogens with one attached hydrogen (secondary N) is 1. The second kappa shape index (κ2) is 12.5. The summed E-state index contributed by atoms with van der Waals surface area (Å²) in [5, 5.41) is 2.95. The van der Waals surface area contributed by atoms with Crippen LogP contribution in [0.2, 0.25) is 0 Å². The number of hydrogen-bond donors (Lipinski definition) is 1. The Morgan fingerprint density at radius 1 is 1.00 bits per heavy atom. The van der Waals surface area contributed by atoms with Crippen molar-refractivity contribution in [2.24, 2.45) is 0 Å². The SMILES string of the molecule is CCCCNC(=O)[C@@H](CC)N(Cc1ccc(OC)cc1)C(=O)COc1ccccc1. The lowest BCUT2D eigenvalue weighted by Gasteiger charge is -2.30. The second-order valence-electron chi connectivity index (χ2n) is 7.04. The quantitative estimate of drug-likeness (QED) is 0.539. The lowest BCUT2D eigenvalue weighted by molar-refractivity contribution is -0.143. The molecule has 2 amide bonds. The number of rotatable bonds is 12. The number of benzene rings is 2. The molecule has 0 saturated carbocycles. The van der Waals surface area contributed by atoms with Gasteiger partial charge >= 0.3 is 0 Å². The van der Waals surface area contributed by atoms with Crippen LogP contribution < -0.4 is 14.8 Å². The van der Waals surface area contributed by atoms with E-state index in [1.165, 1.54) is 0 Å². The van der Waals surface area contributed by atoms with Crippen molar-refractivity contribution in [3.63, 3.8) is 0 Å². The third kappa shape index (κ3) is 7.10. The predicted octanol–water partition coefficient (Wildman–Crippen LogP) is 3.80. The summed E-state index contributed by atoms with van der Waals surface area (Å²) in [6.07, 6.45) is 2.42. The van der Waals surface area contributed by atoms with Gasteiger partial charge in [0.05, 0.1) is 7.11 Å². The highest BCUT2D eigenvalue weighted by Crippen LogP contribution is 2.17. The Labute approximate surface area is 179 Å². The summed E-state index contributed by atoms with van der Waals surface area (Å²) < 4.78 is 10.9. The van der Waals surface area contributed by atoms with Gasteiger partial charge in [-0.05, 0) is 42.7 Å². The molecule has 0 aliphatic rings. The van der Waals surface area contributed by atoms with Crippen LogP contribution in [-0.2, 0) is 16.1 Å². The first-order valence-corrected chi connectivity index (χ1v) is 10.5. The molecule has 1 atom stereocenters. The van der Waals surface area contributed by atoms with E-state index in [1.54, 1.807) is 24.1 Å². The molecule has 0 aromatic heterocycles. The highest BCUT2D eigenvalue weighted by molar-refractivity contribution is 5.88. The molecule has 0 saturated heterocycles. The average Bonchev–Trinajstić information content (AvgIpc) is 2.78. The zero-order chi connectivity index (χ0) is 21.8. The van der Waals surface area contributed by atoms with Crippen molar-refractivity contribution in [3.8, 4) is 11.5 Å². The fraction of sp³-hybridized carbons (Fsp3) is 0.417. The number of hydrogen-bond acceptors (Lipinski definition) is 4. The van der Waals surface area contributed by atoms with E-state index in [2.05, 4.69) is 12.2 Å². The third-order valence-corrected chi connectivity index (χ3v) is 4.83.